The minimum Gasteiger partial charge on any atom is -0.494 e. The van der Waals surface area contributed by atoms with Crippen molar-refractivity contribution in [1.82, 2.24) is 5.32 Å². The lowest BCUT2D eigenvalue weighted by Crippen LogP contribution is -2.42. The molecule has 3 N–H and O–H groups in total. The van der Waals surface area contributed by atoms with E-state index in [4.69, 9.17) is 10.5 Å². The van der Waals surface area contributed by atoms with Crippen molar-refractivity contribution in [3.63, 3.8) is 0 Å². The summed E-state index contributed by atoms with van der Waals surface area (Å²) in [6, 6.07) is 4.25. The van der Waals surface area contributed by atoms with E-state index in [0.717, 1.165) is 5.56 Å². The monoisotopic (exact) mass is 238 g/mol. The molecule has 1 aliphatic heterocycles. The molecule has 0 aliphatic carbocycles. The van der Waals surface area contributed by atoms with Gasteiger partial charge in [0.25, 0.3) is 0 Å². The Bertz CT molecular complexity index is 437. The van der Waals surface area contributed by atoms with Crippen molar-refractivity contribution in [1.29, 1.82) is 0 Å². The highest BCUT2D eigenvalue weighted by atomic mass is 19.1. The largest absolute Gasteiger partial charge is 0.494 e. The second-order valence-corrected chi connectivity index (χ2v) is 4.21. The number of piperidine rings is 1. The molecule has 2 rings (SSSR count). The highest BCUT2D eigenvalue weighted by Gasteiger charge is 2.25. The molecule has 1 heterocycles. The van der Waals surface area contributed by atoms with Crippen molar-refractivity contribution in [2.75, 3.05) is 7.11 Å². The first-order valence-corrected chi connectivity index (χ1v) is 5.48. The number of amides is 1. The molecule has 92 valence electrons. The van der Waals surface area contributed by atoms with Crippen molar-refractivity contribution in [2.24, 2.45) is 5.73 Å². The van der Waals surface area contributed by atoms with Gasteiger partial charge in [-0.2, -0.15) is 0 Å². The molecule has 1 saturated heterocycles. The standard InChI is InChI=1S/C12H15FN2O2/c1-17-11-4-7(2-3-9(11)13)10-5-8(14)6-12(16)15-10/h2-4,8,10H,5-6,14H2,1H3,(H,15,16). The van der Waals surface area contributed by atoms with Crippen LogP contribution in [0.4, 0.5) is 4.39 Å². The van der Waals surface area contributed by atoms with Crippen LogP contribution in [0.15, 0.2) is 18.2 Å². The number of benzene rings is 1. The summed E-state index contributed by atoms with van der Waals surface area (Å²) in [6.45, 7) is 0. The number of nitrogens with two attached hydrogens (primary N) is 1. The second-order valence-electron chi connectivity index (χ2n) is 4.21. The normalized spacial score (nSPS) is 24.3. The van der Waals surface area contributed by atoms with Gasteiger partial charge in [-0.25, -0.2) is 4.39 Å². The van der Waals surface area contributed by atoms with Gasteiger partial charge < -0.3 is 15.8 Å². The Labute approximate surface area is 98.9 Å². The van der Waals surface area contributed by atoms with E-state index in [1.54, 1.807) is 12.1 Å². The minimum absolute atomic E-state index is 0.0722. The van der Waals surface area contributed by atoms with Gasteiger partial charge in [-0.1, -0.05) is 6.07 Å². The van der Waals surface area contributed by atoms with E-state index in [2.05, 4.69) is 5.32 Å². The van der Waals surface area contributed by atoms with Gasteiger partial charge in [0.05, 0.1) is 13.2 Å². The average molecular weight is 238 g/mol. The van der Waals surface area contributed by atoms with Gasteiger partial charge in [0.1, 0.15) is 0 Å². The molecule has 4 nitrogen and oxygen atoms in total. The maximum absolute atomic E-state index is 13.3. The van der Waals surface area contributed by atoms with Crippen molar-refractivity contribution in [3.05, 3.63) is 29.6 Å². The Morgan fingerprint density at radius 3 is 2.94 bits per heavy atom. The van der Waals surface area contributed by atoms with E-state index < -0.39 is 5.82 Å². The van der Waals surface area contributed by atoms with Crippen LogP contribution in [0, 0.1) is 5.82 Å². The lowest BCUT2D eigenvalue weighted by Gasteiger charge is -2.28. The number of hydrogen-bond acceptors (Lipinski definition) is 3. The van der Waals surface area contributed by atoms with Crippen LogP contribution >= 0.6 is 0 Å². The lowest BCUT2D eigenvalue weighted by molar-refractivity contribution is -0.123. The van der Waals surface area contributed by atoms with Crippen LogP contribution in [0.5, 0.6) is 5.75 Å². The lowest BCUT2D eigenvalue weighted by atomic mass is 9.94. The molecular weight excluding hydrogens is 223 g/mol. The van der Waals surface area contributed by atoms with E-state index in [1.165, 1.54) is 13.2 Å². The third-order valence-corrected chi connectivity index (χ3v) is 2.90. The van der Waals surface area contributed by atoms with Crippen LogP contribution in [0.25, 0.3) is 0 Å². The molecule has 2 atom stereocenters. The Hall–Kier alpha value is -1.62. The first-order chi connectivity index (χ1) is 8.10. The highest BCUT2D eigenvalue weighted by Crippen LogP contribution is 2.27. The molecule has 2 unspecified atom stereocenters. The number of halogens is 1. The molecule has 1 amide bonds. The third-order valence-electron chi connectivity index (χ3n) is 2.90. The zero-order valence-electron chi connectivity index (χ0n) is 9.57. The molecule has 5 heteroatoms. The zero-order valence-corrected chi connectivity index (χ0v) is 9.57. The predicted octanol–water partition coefficient (Wildman–Crippen LogP) is 1.11. The van der Waals surface area contributed by atoms with E-state index in [0.29, 0.717) is 12.8 Å². The molecule has 1 aliphatic rings. The summed E-state index contributed by atoms with van der Waals surface area (Å²) in [7, 11) is 1.41. The summed E-state index contributed by atoms with van der Waals surface area (Å²) < 4.78 is 18.2. The molecule has 0 aromatic heterocycles. The Balaban J connectivity index is 2.24. The van der Waals surface area contributed by atoms with Crippen LogP contribution in [0.2, 0.25) is 0 Å². The zero-order chi connectivity index (χ0) is 12.4. The van der Waals surface area contributed by atoms with Gasteiger partial charge in [-0.3, -0.25) is 4.79 Å². The highest BCUT2D eigenvalue weighted by molar-refractivity contribution is 5.78. The molecule has 17 heavy (non-hydrogen) atoms. The fourth-order valence-electron chi connectivity index (χ4n) is 2.05. The van der Waals surface area contributed by atoms with Crippen molar-refractivity contribution in [2.45, 2.75) is 24.9 Å². The van der Waals surface area contributed by atoms with Gasteiger partial charge in [-0.15, -0.1) is 0 Å². The summed E-state index contributed by atoms with van der Waals surface area (Å²) in [4.78, 5) is 11.4. The molecule has 1 fully saturated rings. The number of methoxy groups -OCH3 is 1. The number of nitrogens with one attached hydrogen (secondary N) is 1. The molecular formula is C12H15FN2O2. The minimum atomic E-state index is -0.414. The van der Waals surface area contributed by atoms with Gasteiger partial charge in [0.15, 0.2) is 11.6 Å². The molecule has 0 saturated carbocycles. The maximum atomic E-state index is 13.3. The Morgan fingerprint density at radius 1 is 1.53 bits per heavy atom. The fourth-order valence-corrected chi connectivity index (χ4v) is 2.05. The summed E-state index contributed by atoms with van der Waals surface area (Å²) in [5, 5.41) is 2.84. The number of ether oxygens (including phenoxy) is 1. The van der Waals surface area contributed by atoms with E-state index in [9.17, 15) is 9.18 Å². The van der Waals surface area contributed by atoms with Gasteiger partial charge >= 0.3 is 0 Å². The van der Waals surface area contributed by atoms with Crippen LogP contribution in [-0.2, 0) is 4.79 Å². The first kappa shape index (κ1) is 11.9. The fraction of sp³-hybridized carbons (Fsp3) is 0.417. The maximum Gasteiger partial charge on any atom is 0.222 e. The summed E-state index contributed by atoms with van der Waals surface area (Å²) in [5.74, 6) is -0.310. The number of carbonyl (C=O) groups is 1. The van der Waals surface area contributed by atoms with E-state index >= 15 is 0 Å². The van der Waals surface area contributed by atoms with Crippen LogP contribution in [0.3, 0.4) is 0 Å². The van der Waals surface area contributed by atoms with Gasteiger partial charge in [-0.05, 0) is 24.1 Å². The third kappa shape index (κ3) is 2.55. The molecule has 1 aromatic rings. The van der Waals surface area contributed by atoms with Gasteiger partial charge in [0, 0.05) is 12.5 Å². The van der Waals surface area contributed by atoms with E-state index in [-0.39, 0.29) is 23.7 Å². The van der Waals surface area contributed by atoms with Crippen LogP contribution in [0.1, 0.15) is 24.4 Å². The first-order valence-electron chi connectivity index (χ1n) is 5.48. The van der Waals surface area contributed by atoms with Crippen LogP contribution in [-0.4, -0.2) is 19.1 Å². The quantitative estimate of drug-likeness (QED) is 0.811. The van der Waals surface area contributed by atoms with Crippen molar-refractivity contribution in [3.8, 4) is 5.75 Å². The summed E-state index contributed by atoms with van der Waals surface area (Å²) >= 11 is 0. The topological polar surface area (TPSA) is 64.3 Å². The SMILES string of the molecule is COc1cc(C2CC(N)CC(=O)N2)ccc1F. The molecule has 0 radical (unpaired) electrons. The van der Waals surface area contributed by atoms with E-state index in [1.807, 2.05) is 0 Å². The summed E-state index contributed by atoms with van der Waals surface area (Å²) in [5.41, 5.74) is 6.60. The Kier molecular flexibility index (Phi) is 3.28. The molecule has 1 aromatic carbocycles. The number of rotatable bonds is 2. The molecule has 0 spiro atoms. The number of carbonyl (C=O) groups excluding carboxylic acids is 1. The average Bonchev–Trinajstić information content (AvgIpc) is 2.28. The predicted molar refractivity (Wildman–Crippen MR) is 61.0 cm³/mol. The second kappa shape index (κ2) is 4.71. The van der Waals surface area contributed by atoms with Crippen molar-refractivity contribution < 1.29 is 13.9 Å². The number of hydrogen-bond donors (Lipinski definition) is 2. The molecule has 0 bridgehead atoms. The van der Waals surface area contributed by atoms with Crippen molar-refractivity contribution >= 4 is 5.91 Å². The smallest absolute Gasteiger partial charge is 0.222 e. The van der Waals surface area contributed by atoms with Gasteiger partial charge in [0.2, 0.25) is 5.91 Å². The summed E-state index contributed by atoms with van der Waals surface area (Å²) in [6.07, 6.45) is 0.995. The van der Waals surface area contributed by atoms with Crippen LogP contribution < -0.4 is 15.8 Å². The Morgan fingerprint density at radius 2 is 2.29 bits per heavy atom.